The highest BCUT2D eigenvalue weighted by atomic mass is 35.5. The molecule has 0 spiro atoms. The molecule has 0 aliphatic heterocycles. The van der Waals surface area contributed by atoms with E-state index >= 15 is 0 Å². The Morgan fingerprint density at radius 3 is 2.50 bits per heavy atom. The smallest absolute Gasteiger partial charge is 0.255 e. The SMILES string of the molecule is COc1ccc(S(=O)(=O)N(C)CC(=O)N/N=C\c2ccc(Cl)cc2Cl)cc1Cl. The molecule has 7 nitrogen and oxygen atoms in total. The van der Waals surface area contributed by atoms with Crippen LogP contribution in [0.1, 0.15) is 5.56 Å². The van der Waals surface area contributed by atoms with Gasteiger partial charge >= 0.3 is 0 Å². The molecule has 0 aliphatic rings. The fourth-order valence-electron chi connectivity index (χ4n) is 2.09. The van der Waals surface area contributed by atoms with Gasteiger partial charge < -0.3 is 4.74 Å². The number of likely N-dealkylation sites (N-methyl/N-ethyl adjacent to an activating group) is 1. The van der Waals surface area contributed by atoms with Crippen LogP contribution in [0.2, 0.25) is 15.1 Å². The first-order valence-corrected chi connectivity index (χ1v) is 10.3. The minimum atomic E-state index is -3.93. The molecule has 28 heavy (non-hydrogen) atoms. The molecule has 2 rings (SSSR count). The largest absolute Gasteiger partial charge is 0.495 e. The highest BCUT2D eigenvalue weighted by molar-refractivity contribution is 7.89. The van der Waals surface area contributed by atoms with E-state index in [0.717, 1.165) is 4.31 Å². The number of ether oxygens (including phenoxy) is 1. The molecule has 2 aromatic carbocycles. The third kappa shape index (κ3) is 5.59. The first-order valence-electron chi connectivity index (χ1n) is 7.72. The first kappa shape index (κ1) is 22.4. The number of hydrogen-bond acceptors (Lipinski definition) is 5. The Bertz CT molecular complexity index is 1010. The van der Waals surface area contributed by atoms with Crippen LogP contribution >= 0.6 is 34.8 Å². The number of benzene rings is 2. The lowest BCUT2D eigenvalue weighted by Crippen LogP contribution is -2.36. The fraction of sp³-hybridized carbons (Fsp3) is 0.176. The van der Waals surface area contributed by atoms with Crippen LogP contribution < -0.4 is 10.2 Å². The monoisotopic (exact) mass is 463 g/mol. The number of hydrogen-bond donors (Lipinski definition) is 1. The summed E-state index contributed by atoms with van der Waals surface area (Å²) in [5.41, 5.74) is 2.79. The van der Waals surface area contributed by atoms with Crippen molar-refractivity contribution in [1.29, 1.82) is 0 Å². The van der Waals surface area contributed by atoms with Crippen LogP contribution in [0.5, 0.6) is 5.75 Å². The molecule has 0 saturated carbocycles. The summed E-state index contributed by atoms with van der Waals surface area (Å²) < 4.78 is 31.0. The summed E-state index contributed by atoms with van der Waals surface area (Å²) in [6, 6.07) is 8.82. The third-order valence-electron chi connectivity index (χ3n) is 3.55. The van der Waals surface area contributed by atoms with Gasteiger partial charge in [0.15, 0.2) is 0 Å². The molecule has 0 atom stereocenters. The highest BCUT2D eigenvalue weighted by Gasteiger charge is 2.23. The maximum absolute atomic E-state index is 12.6. The minimum absolute atomic E-state index is 0.0648. The molecule has 0 unspecified atom stereocenters. The Morgan fingerprint density at radius 1 is 1.18 bits per heavy atom. The molecule has 0 heterocycles. The van der Waals surface area contributed by atoms with Crippen LogP contribution in [-0.2, 0) is 14.8 Å². The van der Waals surface area contributed by atoms with Crippen molar-refractivity contribution in [3.63, 3.8) is 0 Å². The van der Waals surface area contributed by atoms with E-state index < -0.39 is 22.5 Å². The Balaban J connectivity index is 2.02. The van der Waals surface area contributed by atoms with Gasteiger partial charge in [-0.05, 0) is 30.3 Å². The van der Waals surface area contributed by atoms with Gasteiger partial charge in [0, 0.05) is 17.6 Å². The van der Waals surface area contributed by atoms with Crippen molar-refractivity contribution in [1.82, 2.24) is 9.73 Å². The van der Waals surface area contributed by atoms with Crippen LogP contribution in [0, 0.1) is 0 Å². The molecule has 0 fully saturated rings. The predicted octanol–water partition coefficient (Wildman–Crippen LogP) is 3.43. The Morgan fingerprint density at radius 2 is 1.89 bits per heavy atom. The second-order valence-corrected chi connectivity index (χ2v) is 8.81. The predicted molar refractivity (Wildman–Crippen MR) is 110 cm³/mol. The Hall–Kier alpha value is -1.84. The standard InChI is InChI=1S/C17H16Cl3N3O4S/c1-23(28(25,26)13-5-6-16(27-2)15(20)8-13)10-17(24)22-21-9-11-3-4-12(18)7-14(11)19/h3-9H,10H2,1-2H3,(H,22,24)/b21-9-. The number of amides is 1. The number of halogens is 3. The van der Waals surface area contributed by atoms with Gasteiger partial charge in [-0.25, -0.2) is 13.8 Å². The van der Waals surface area contributed by atoms with E-state index in [1.165, 1.54) is 44.6 Å². The number of carbonyl (C=O) groups excluding carboxylic acids is 1. The molecule has 0 aliphatic carbocycles. The van der Waals surface area contributed by atoms with Crippen LogP contribution in [-0.4, -0.2) is 45.5 Å². The summed E-state index contributed by atoms with van der Waals surface area (Å²) in [5, 5.41) is 4.74. The Labute approximate surface area is 177 Å². The zero-order valence-electron chi connectivity index (χ0n) is 14.8. The van der Waals surface area contributed by atoms with Crippen LogP contribution in [0.25, 0.3) is 0 Å². The van der Waals surface area contributed by atoms with Gasteiger partial charge in [-0.3, -0.25) is 4.79 Å². The average Bonchev–Trinajstić information content (AvgIpc) is 2.63. The average molecular weight is 465 g/mol. The number of rotatable bonds is 7. The normalized spacial score (nSPS) is 11.8. The van der Waals surface area contributed by atoms with Gasteiger partial charge in [-0.15, -0.1) is 0 Å². The third-order valence-corrected chi connectivity index (χ3v) is 6.21. The molecule has 0 bridgehead atoms. The van der Waals surface area contributed by atoms with E-state index in [0.29, 0.717) is 21.4 Å². The summed E-state index contributed by atoms with van der Waals surface area (Å²) >= 11 is 17.8. The lowest BCUT2D eigenvalue weighted by atomic mass is 10.2. The van der Waals surface area contributed by atoms with Crippen molar-refractivity contribution in [2.45, 2.75) is 4.90 Å². The number of sulfonamides is 1. The van der Waals surface area contributed by atoms with Crippen molar-refractivity contribution in [3.05, 3.63) is 57.0 Å². The van der Waals surface area contributed by atoms with E-state index in [-0.39, 0.29) is 9.92 Å². The molecule has 2 aromatic rings. The molecule has 0 saturated heterocycles. The van der Waals surface area contributed by atoms with Crippen LogP contribution in [0.4, 0.5) is 0 Å². The lowest BCUT2D eigenvalue weighted by Gasteiger charge is -2.16. The van der Waals surface area contributed by atoms with Crippen molar-refractivity contribution >= 4 is 56.9 Å². The highest BCUT2D eigenvalue weighted by Crippen LogP contribution is 2.28. The minimum Gasteiger partial charge on any atom is -0.495 e. The number of nitrogens with one attached hydrogen (secondary N) is 1. The zero-order valence-corrected chi connectivity index (χ0v) is 17.9. The van der Waals surface area contributed by atoms with E-state index in [9.17, 15) is 13.2 Å². The van der Waals surface area contributed by atoms with Crippen molar-refractivity contribution in [2.24, 2.45) is 5.10 Å². The number of hydrazone groups is 1. The van der Waals surface area contributed by atoms with E-state index in [1.807, 2.05) is 0 Å². The van der Waals surface area contributed by atoms with Crippen LogP contribution in [0.15, 0.2) is 46.4 Å². The van der Waals surface area contributed by atoms with Gasteiger partial charge in [0.1, 0.15) is 5.75 Å². The fourth-order valence-corrected chi connectivity index (χ4v) is 4.02. The molecular formula is C17H16Cl3N3O4S. The van der Waals surface area contributed by atoms with Gasteiger partial charge in [-0.2, -0.15) is 9.41 Å². The molecule has 150 valence electrons. The summed E-state index contributed by atoms with van der Waals surface area (Å²) in [6.45, 7) is -0.447. The summed E-state index contributed by atoms with van der Waals surface area (Å²) in [7, 11) is -1.23. The molecular weight excluding hydrogens is 449 g/mol. The molecule has 1 N–H and O–H groups in total. The summed E-state index contributed by atoms with van der Waals surface area (Å²) in [5.74, 6) is -0.289. The number of methoxy groups -OCH3 is 1. The van der Waals surface area contributed by atoms with Crippen molar-refractivity contribution in [3.8, 4) is 5.75 Å². The van der Waals surface area contributed by atoms with Gasteiger partial charge in [-0.1, -0.05) is 40.9 Å². The molecule has 1 amide bonds. The van der Waals surface area contributed by atoms with E-state index in [2.05, 4.69) is 10.5 Å². The molecule has 0 radical (unpaired) electrons. The van der Waals surface area contributed by atoms with Gasteiger partial charge in [0.25, 0.3) is 5.91 Å². The van der Waals surface area contributed by atoms with Crippen molar-refractivity contribution < 1.29 is 17.9 Å². The van der Waals surface area contributed by atoms with E-state index in [1.54, 1.807) is 12.1 Å². The zero-order chi connectivity index (χ0) is 20.9. The summed E-state index contributed by atoms with van der Waals surface area (Å²) in [6.07, 6.45) is 1.33. The van der Waals surface area contributed by atoms with E-state index in [4.69, 9.17) is 39.5 Å². The first-order chi connectivity index (χ1) is 13.1. The maximum atomic E-state index is 12.6. The quantitative estimate of drug-likeness (QED) is 0.502. The topological polar surface area (TPSA) is 88.1 Å². The molecule has 11 heteroatoms. The second kappa shape index (κ2) is 9.58. The lowest BCUT2D eigenvalue weighted by molar-refractivity contribution is -0.121. The number of carbonyl (C=O) groups is 1. The number of nitrogens with zero attached hydrogens (tertiary/aromatic N) is 2. The van der Waals surface area contributed by atoms with Crippen LogP contribution in [0.3, 0.4) is 0 Å². The maximum Gasteiger partial charge on any atom is 0.255 e. The van der Waals surface area contributed by atoms with Gasteiger partial charge in [0.05, 0.1) is 34.8 Å². The summed E-state index contributed by atoms with van der Waals surface area (Å²) in [4.78, 5) is 11.9. The van der Waals surface area contributed by atoms with Crippen molar-refractivity contribution in [2.75, 3.05) is 20.7 Å². The molecule has 0 aromatic heterocycles. The van der Waals surface area contributed by atoms with Gasteiger partial charge in [0.2, 0.25) is 10.0 Å². The Kier molecular flexibility index (Phi) is 7.68. The second-order valence-electron chi connectivity index (χ2n) is 5.52.